The highest BCUT2D eigenvalue weighted by molar-refractivity contribution is 6.52. The summed E-state index contributed by atoms with van der Waals surface area (Å²) in [6.45, 7) is 1.50. The van der Waals surface area contributed by atoms with Gasteiger partial charge in [-0.2, -0.15) is 0 Å². The van der Waals surface area contributed by atoms with Crippen molar-refractivity contribution >= 4 is 17.4 Å². The second-order valence-electron chi connectivity index (χ2n) is 5.56. The monoisotopic (exact) mass is 258 g/mol. The van der Waals surface area contributed by atoms with E-state index in [0.29, 0.717) is 12.2 Å². The molecule has 1 saturated carbocycles. The maximum Gasteiger partial charge on any atom is 0.300 e. The van der Waals surface area contributed by atoms with E-state index in [9.17, 15) is 9.59 Å². The lowest BCUT2D eigenvalue weighted by atomic mass is 9.85. The van der Waals surface area contributed by atoms with Gasteiger partial charge in [-0.3, -0.25) is 19.4 Å². The molecule has 3 rings (SSSR count). The van der Waals surface area contributed by atoms with Crippen LogP contribution in [0.5, 0.6) is 0 Å². The van der Waals surface area contributed by atoms with Crippen LogP contribution in [-0.4, -0.2) is 36.9 Å². The third kappa shape index (κ3) is 2.16. The molecule has 4 nitrogen and oxygen atoms in total. The maximum atomic E-state index is 12.0. The Kier molecular flexibility index (Phi) is 3.11. The number of anilines is 1. The molecule has 0 saturated heterocycles. The van der Waals surface area contributed by atoms with E-state index in [2.05, 4.69) is 4.90 Å². The lowest BCUT2D eigenvalue weighted by Crippen LogP contribution is -2.41. The SMILES string of the molecule is CN(CC1CCC1)CN1C(=O)C(=O)c2ccccc21. The largest absolute Gasteiger partial charge is 0.300 e. The molecule has 0 bridgehead atoms. The molecule has 1 aromatic rings. The van der Waals surface area contributed by atoms with E-state index in [-0.39, 0.29) is 5.78 Å². The first-order valence-corrected chi connectivity index (χ1v) is 6.80. The molecule has 1 fully saturated rings. The number of ketones is 1. The number of amides is 1. The summed E-state index contributed by atoms with van der Waals surface area (Å²) < 4.78 is 0. The Morgan fingerprint density at radius 1 is 1.26 bits per heavy atom. The van der Waals surface area contributed by atoms with Gasteiger partial charge in [0.25, 0.3) is 5.78 Å². The molecule has 0 atom stereocenters. The third-order valence-electron chi connectivity index (χ3n) is 4.06. The zero-order chi connectivity index (χ0) is 13.4. The average molecular weight is 258 g/mol. The van der Waals surface area contributed by atoms with Crippen molar-refractivity contribution in [3.05, 3.63) is 29.8 Å². The summed E-state index contributed by atoms with van der Waals surface area (Å²) in [6.07, 6.45) is 3.89. The van der Waals surface area contributed by atoms with E-state index in [1.807, 2.05) is 19.2 Å². The van der Waals surface area contributed by atoms with Crippen molar-refractivity contribution in [3.63, 3.8) is 0 Å². The molecule has 19 heavy (non-hydrogen) atoms. The summed E-state index contributed by atoms with van der Waals surface area (Å²) in [7, 11) is 2.01. The van der Waals surface area contributed by atoms with Crippen LogP contribution in [0.4, 0.5) is 5.69 Å². The minimum atomic E-state index is -0.401. The van der Waals surface area contributed by atoms with Gasteiger partial charge in [0.2, 0.25) is 0 Å². The highest BCUT2D eigenvalue weighted by Gasteiger charge is 2.36. The number of nitrogens with zero attached hydrogens (tertiary/aromatic N) is 2. The molecule has 1 heterocycles. The number of hydrogen-bond donors (Lipinski definition) is 0. The van der Waals surface area contributed by atoms with Crippen molar-refractivity contribution in [2.24, 2.45) is 5.92 Å². The summed E-state index contributed by atoms with van der Waals surface area (Å²) in [5.41, 5.74) is 1.28. The number of benzene rings is 1. The standard InChI is InChI=1S/C15H18N2O2/c1-16(9-11-5-4-6-11)10-17-13-8-3-2-7-12(13)14(18)15(17)19/h2-3,7-8,11H,4-6,9-10H2,1H3. The second kappa shape index (κ2) is 4.78. The van der Waals surface area contributed by atoms with Gasteiger partial charge < -0.3 is 0 Å². The van der Waals surface area contributed by atoms with Gasteiger partial charge in [-0.05, 0) is 37.9 Å². The third-order valence-corrected chi connectivity index (χ3v) is 4.06. The summed E-state index contributed by atoms with van der Waals surface area (Å²) in [5, 5.41) is 0. The molecule has 100 valence electrons. The first kappa shape index (κ1) is 12.4. The first-order chi connectivity index (χ1) is 9.16. The molecule has 0 radical (unpaired) electrons. The minimum Gasteiger partial charge on any atom is -0.291 e. The molecule has 2 aliphatic rings. The molecule has 0 aromatic heterocycles. The summed E-state index contributed by atoms with van der Waals surface area (Å²) in [4.78, 5) is 27.6. The Morgan fingerprint density at radius 2 is 2.00 bits per heavy atom. The number of carbonyl (C=O) groups excluding carboxylic acids is 2. The molecule has 0 spiro atoms. The first-order valence-electron chi connectivity index (χ1n) is 6.80. The van der Waals surface area contributed by atoms with Crippen LogP contribution in [0.1, 0.15) is 29.6 Å². The lowest BCUT2D eigenvalue weighted by Gasteiger charge is -2.32. The van der Waals surface area contributed by atoms with Crippen LogP contribution < -0.4 is 4.90 Å². The van der Waals surface area contributed by atoms with Crippen molar-refractivity contribution in [1.29, 1.82) is 0 Å². The van der Waals surface area contributed by atoms with Crippen LogP contribution >= 0.6 is 0 Å². The normalized spacial score (nSPS) is 18.9. The number of hydrogen-bond acceptors (Lipinski definition) is 3. The van der Waals surface area contributed by atoms with Gasteiger partial charge in [-0.25, -0.2) is 0 Å². The molecular weight excluding hydrogens is 240 g/mol. The van der Waals surface area contributed by atoms with Crippen LogP contribution in [-0.2, 0) is 4.79 Å². The van der Waals surface area contributed by atoms with Crippen molar-refractivity contribution in [1.82, 2.24) is 4.90 Å². The number of fused-ring (bicyclic) bond motifs is 1. The lowest BCUT2D eigenvalue weighted by molar-refractivity contribution is -0.114. The molecule has 0 N–H and O–H groups in total. The topological polar surface area (TPSA) is 40.6 Å². The van der Waals surface area contributed by atoms with E-state index in [1.165, 1.54) is 19.3 Å². The quantitative estimate of drug-likeness (QED) is 0.775. The Bertz CT molecular complexity index is 523. The van der Waals surface area contributed by atoms with E-state index in [4.69, 9.17) is 0 Å². The van der Waals surface area contributed by atoms with Crippen molar-refractivity contribution in [2.45, 2.75) is 19.3 Å². The van der Waals surface area contributed by atoms with E-state index >= 15 is 0 Å². The fourth-order valence-corrected chi connectivity index (χ4v) is 2.80. The van der Waals surface area contributed by atoms with Crippen LogP contribution in [0.2, 0.25) is 0 Å². The van der Waals surface area contributed by atoms with E-state index < -0.39 is 5.91 Å². The fourth-order valence-electron chi connectivity index (χ4n) is 2.80. The van der Waals surface area contributed by atoms with Crippen LogP contribution in [0, 0.1) is 5.92 Å². The molecule has 0 unspecified atom stereocenters. The summed E-state index contributed by atoms with van der Waals surface area (Å²) in [6, 6.07) is 7.23. The van der Waals surface area contributed by atoms with Gasteiger partial charge in [0.1, 0.15) is 0 Å². The van der Waals surface area contributed by atoms with Crippen molar-refractivity contribution < 1.29 is 9.59 Å². The smallest absolute Gasteiger partial charge is 0.291 e. The number of rotatable bonds is 4. The number of para-hydroxylation sites is 1. The zero-order valence-corrected chi connectivity index (χ0v) is 11.1. The maximum absolute atomic E-state index is 12.0. The molecule has 1 aromatic carbocycles. The van der Waals surface area contributed by atoms with Crippen molar-refractivity contribution in [3.8, 4) is 0 Å². The Hall–Kier alpha value is -1.68. The van der Waals surface area contributed by atoms with Crippen LogP contribution in [0.15, 0.2) is 24.3 Å². The number of carbonyl (C=O) groups is 2. The molecule has 4 heteroatoms. The van der Waals surface area contributed by atoms with Gasteiger partial charge in [0.05, 0.1) is 17.9 Å². The predicted octanol–water partition coefficient (Wildman–Crippen LogP) is 1.91. The Balaban J connectivity index is 1.73. The summed E-state index contributed by atoms with van der Waals surface area (Å²) in [5.74, 6) is -0.0250. The van der Waals surface area contributed by atoms with E-state index in [0.717, 1.165) is 18.2 Å². The van der Waals surface area contributed by atoms with Crippen LogP contribution in [0.25, 0.3) is 0 Å². The Labute approximate surface area is 113 Å². The van der Waals surface area contributed by atoms with Crippen LogP contribution in [0.3, 0.4) is 0 Å². The van der Waals surface area contributed by atoms with E-state index in [1.54, 1.807) is 17.0 Å². The van der Waals surface area contributed by atoms with Crippen molar-refractivity contribution in [2.75, 3.05) is 25.2 Å². The summed E-state index contributed by atoms with van der Waals surface area (Å²) >= 11 is 0. The van der Waals surface area contributed by atoms with Gasteiger partial charge in [0.15, 0.2) is 0 Å². The minimum absolute atomic E-state index is 0.382. The molecular formula is C15H18N2O2. The van der Waals surface area contributed by atoms with Gasteiger partial charge >= 0.3 is 5.91 Å². The zero-order valence-electron chi connectivity index (χ0n) is 11.1. The molecule has 1 amide bonds. The molecule has 1 aliphatic heterocycles. The van der Waals surface area contributed by atoms with Gasteiger partial charge in [-0.1, -0.05) is 18.6 Å². The highest BCUT2D eigenvalue weighted by atomic mass is 16.2. The van der Waals surface area contributed by atoms with Gasteiger partial charge in [-0.15, -0.1) is 0 Å². The van der Waals surface area contributed by atoms with Gasteiger partial charge in [0, 0.05) is 6.54 Å². The number of Topliss-reactive ketones (excluding diaryl/α,β-unsaturated/α-hetero) is 1. The average Bonchev–Trinajstić information content (AvgIpc) is 2.60. The highest BCUT2D eigenvalue weighted by Crippen LogP contribution is 2.30. The molecule has 1 aliphatic carbocycles. The fraction of sp³-hybridized carbons (Fsp3) is 0.467. The second-order valence-corrected chi connectivity index (χ2v) is 5.56. The predicted molar refractivity (Wildman–Crippen MR) is 73.1 cm³/mol. The Morgan fingerprint density at radius 3 is 2.68 bits per heavy atom.